The predicted octanol–water partition coefficient (Wildman–Crippen LogP) is 5.49. The van der Waals surface area contributed by atoms with Crippen LogP contribution in [0.2, 0.25) is 10.0 Å². The minimum Gasteiger partial charge on any atom is -0.478 e. The third-order valence-corrected chi connectivity index (χ3v) is 10.2. The molecule has 4 heterocycles. The second kappa shape index (κ2) is 13.9. The van der Waals surface area contributed by atoms with Gasteiger partial charge in [-0.1, -0.05) is 47.5 Å². The van der Waals surface area contributed by atoms with E-state index in [-0.39, 0.29) is 23.8 Å². The second-order valence-electron chi connectivity index (χ2n) is 12.4. The van der Waals surface area contributed by atoms with Gasteiger partial charge in [0.15, 0.2) is 6.73 Å². The number of nitrogens with zero attached hydrogens (tertiary/aromatic N) is 4. The Balaban J connectivity index is 1.07. The van der Waals surface area contributed by atoms with E-state index in [0.29, 0.717) is 60.4 Å². The van der Waals surface area contributed by atoms with E-state index in [1.807, 2.05) is 41.3 Å². The Morgan fingerprint density at radius 3 is 2.17 bits per heavy atom. The number of morpholine rings is 2. The number of amides is 1. The summed E-state index contributed by atoms with van der Waals surface area (Å²) < 4.78 is 17.2. The standard InChI is InChI=1S/C35H38Cl2N4O6/c36-29-19-26(38-8-6-25(7-9-38)39-10-14-45-15-11-39)20-30(37)32(29)34(42)41-21-24-2-1-3-27(33(24)47-22-41)23-4-5-28(35(43)44)31(18-23)40-12-16-46-17-13-40/h1-5,18-20,25H,6-17,21-22H2,(H,43,44). The molecule has 47 heavy (non-hydrogen) atoms. The zero-order chi connectivity index (χ0) is 32.5. The molecule has 3 aromatic carbocycles. The number of carboxylic acids is 1. The van der Waals surface area contributed by atoms with Crippen molar-refractivity contribution in [2.75, 3.05) is 82.2 Å². The maximum Gasteiger partial charge on any atom is 0.337 e. The van der Waals surface area contributed by atoms with Crippen molar-refractivity contribution in [1.82, 2.24) is 9.80 Å². The van der Waals surface area contributed by atoms with Gasteiger partial charge in [0.1, 0.15) is 5.75 Å². The lowest BCUT2D eigenvalue weighted by Gasteiger charge is -2.41. The molecule has 248 valence electrons. The Kier molecular flexibility index (Phi) is 9.47. The molecule has 3 aromatic rings. The molecule has 4 aliphatic heterocycles. The Morgan fingerprint density at radius 2 is 1.49 bits per heavy atom. The fourth-order valence-electron chi connectivity index (χ4n) is 7.11. The van der Waals surface area contributed by atoms with Crippen molar-refractivity contribution in [1.29, 1.82) is 0 Å². The topological polar surface area (TPSA) is 95.0 Å². The molecule has 0 radical (unpaired) electrons. The third-order valence-electron chi connectivity index (χ3n) is 9.63. The van der Waals surface area contributed by atoms with Gasteiger partial charge in [0, 0.05) is 62.1 Å². The quantitative estimate of drug-likeness (QED) is 0.363. The lowest BCUT2D eigenvalue weighted by molar-refractivity contribution is 0.0115. The number of anilines is 2. The first-order valence-corrected chi connectivity index (χ1v) is 16.9. The van der Waals surface area contributed by atoms with Gasteiger partial charge < -0.3 is 34.0 Å². The van der Waals surface area contributed by atoms with Gasteiger partial charge in [-0.25, -0.2) is 4.79 Å². The van der Waals surface area contributed by atoms with E-state index in [1.165, 1.54) is 0 Å². The van der Waals surface area contributed by atoms with E-state index in [0.717, 1.165) is 74.6 Å². The highest BCUT2D eigenvalue weighted by atomic mass is 35.5. The number of benzene rings is 3. The van der Waals surface area contributed by atoms with E-state index < -0.39 is 5.97 Å². The van der Waals surface area contributed by atoms with Crippen molar-refractivity contribution in [2.45, 2.75) is 25.4 Å². The summed E-state index contributed by atoms with van der Waals surface area (Å²) in [5.74, 6) is -0.605. The monoisotopic (exact) mass is 680 g/mol. The number of carbonyl (C=O) groups excluding carboxylic acids is 1. The molecule has 4 aliphatic rings. The van der Waals surface area contributed by atoms with Gasteiger partial charge in [-0.3, -0.25) is 9.69 Å². The smallest absolute Gasteiger partial charge is 0.337 e. The first-order valence-electron chi connectivity index (χ1n) is 16.2. The molecule has 1 N–H and O–H groups in total. The number of rotatable bonds is 6. The van der Waals surface area contributed by atoms with Crippen molar-refractivity contribution in [3.05, 3.63) is 75.3 Å². The molecule has 3 fully saturated rings. The lowest BCUT2D eigenvalue weighted by Crippen LogP contribution is -2.49. The van der Waals surface area contributed by atoms with Crippen LogP contribution in [0, 0.1) is 0 Å². The number of para-hydroxylation sites is 1. The first-order chi connectivity index (χ1) is 22.9. The summed E-state index contributed by atoms with van der Waals surface area (Å²) in [6.07, 6.45) is 2.11. The molecule has 1 amide bonds. The van der Waals surface area contributed by atoms with Crippen LogP contribution in [-0.4, -0.2) is 105 Å². The fourth-order valence-corrected chi connectivity index (χ4v) is 7.75. The zero-order valence-corrected chi connectivity index (χ0v) is 27.6. The molecule has 7 rings (SSSR count). The summed E-state index contributed by atoms with van der Waals surface area (Å²) in [6.45, 7) is 8.02. The largest absolute Gasteiger partial charge is 0.478 e. The number of fused-ring (bicyclic) bond motifs is 1. The lowest BCUT2D eigenvalue weighted by atomic mass is 9.97. The van der Waals surface area contributed by atoms with E-state index in [4.69, 9.17) is 37.4 Å². The molecule has 10 nitrogen and oxygen atoms in total. The number of aromatic carboxylic acids is 1. The second-order valence-corrected chi connectivity index (χ2v) is 13.2. The highest BCUT2D eigenvalue weighted by Gasteiger charge is 2.31. The average molecular weight is 682 g/mol. The van der Waals surface area contributed by atoms with Crippen molar-refractivity contribution in [3.8, 4) is 16.9 Å². The van der Waals surface area contributed by atoms with Crippen molar-refractivity contribution >= 4 is 46.5 Å². The molecule has 0 spiro atoms. The molecule has 0 atom stereocenters. The van der Waals surface area contributed by atoms with Crippen LogP contribution >= 0.6 is 23.2 Å². The third kappa shape index (κ3) is 6.62. The van der Waals surface area contributed by atoms with Crippen LogP contribution in [-0.2, 0) is 16.0 Å². The van der Waals surface area contributed by atoms with Gasteiger partial charge in [-0.15, -0.1) is 0 Å². The highest BCUT2D eigenvalue weighted by molar-refractivity contribution is 6.40. The molecule has 0 bridgehead atoms. The number of carboxylic acid groups (broad SMARTS) is 1. The van der Waals surface area contributed by atoms with E-state index in [9.17, 15) is 14.7 Å². The zero-order valence-electron chi connectivity index (χ0n) is 26.1. The van der Waals surface area contributed by atoms with Crippen LogP contribution in [0.3, 0.4) is 0 Å². The van der Waals surface area contributed by atoms with Crippen LogP contribution in [0.5, 0.6) is 5.75 Å². The van der Waals surface area contributed by atoms with Crippen LogP contribution in [0.25, 0.3) is 11.1 Å². The molecule has 3 saturated heterocycles. The minimum atomic E-state index is -0.975. The number of carbonyl (C=O) groups is 2. The van der Waals surface area contributed by atoms with Crippen molar-refractivity contribution < 1.29 is 28.9 Å². The maximum atomic E-state index is 13.8. The highest BCUT2D eigenvalue weighted by Crippen LogP contribution is 2.40. The van der Waals surface area contributed by atoms with E-state index in [1.54, 1.807) is 17.0 Å². The summed E-state index contributed by atoms with van der Waals surface area (Å²) in [7, 11) is 0. The molecule has 0 saturated carbocycles. The Hall–Kier alpha value is -3.54. The van der Waals surface area contributed by atoms with Gasteiger partial charge >= 0.3 is 5.97 Å². The number of piperidine rings is 1. The van der Waals surface area contributed by atoms with E-state index >= 15 is 0 Å². The summed E-state index contributed by atoms with van der Waals surface area (Å²) in [4.78, 5) is 34.3. The van der Waals surface area contributed by atoms with Gasteiger partial charge in [-0.05, 0) is 42.7 Å². The van der Waals surface area contributed by atoms with Gasteiger partial charge in [-0.2, -0.15) is 0 Å². The average Bonchev–Trinajstić information content (AvgIpc) is 3.11. The van der Waals surface area contributed by atoms with Gasteiger partial charge in [0.2, 0.25) is 0 Å². The molecular formula is C35H38Cl2N4O6. The number of ether oxygens (including phenoxy) is 3. The SMILES string of the molecule is O=C(O)c1ccc(-c2cccc3c2OCN(C(=O)c2c(Cl)cc(N4CCC(N5CCOCC5)CC4)cc2Cl)C3)cc1N1CCOCC1. The summed E-state index contributed by atoms with van der Waals surface area (Å²) in [5.41, 5.74) is 4.59. The number of halogens is 2. The minimum absolute atomic E-state index is 0.0237. The van der Waals surface area contributed by atoms with Crippen LogP contribution in [0.15, 0.2) is 48.5 Å². The Labute approximate surface area is 284 Å². The summed E-state index contributed by atoms with van der Waals surface area (Å²) >= 11 is 13.5. The summed E-state index contributed by atoms with van der Waals surface area (Å²) in [6, 6.07) is 15.4. The molecule has 0 aromatic heterocycles. The normalized spacial score (nSPS) is 19.3. The Morgan fingerprint density at radius 1 is 0.809 bits per heavy atom. The number of hydrogen-bond acceptors (Lipinski definition) is 8. The van der Waals surface area contributed by atoms with Gasteiger partial charge in [0.25, 0.3) is 5.91 Å². The first kappa shape index (κ1) is 32.0. The van der Waals surface area contributed by atoms with Crippen LogP contribution < -0.4 is 14.5 Å². The van der Waals surface area contributed by atoms with Crippen LogP contribution in [0.1, 0.15) is 39.1 Å². The van der Waals surface area contributed by atoms with Crippen molar-refractivity contribution in [2.24, 2.45) is 0 Å². The molecule has 0 aliphatic carbocycles. The summed E-state index contributed by atoms with van der Waals surface area (Å²) in [5, 5.41) is 10.5. The fraction of sp³-hybridized carbons (Fsp3) is 0.429. The number of hydrogen-bond donors (Lipinski definition) is 1. The molecule has 0 unspecified atom stereocenters. The van der Waals surface area contributed by atoms with E-state index in [2.05, 4.69) is 9.80 Å². The predicted molar refractivity (Wildman–Crippen MR) is 181 cm³/mol. The molecule has 12 heteroatoms. The van der Waals surface area contributed by atoms with Crippen molar-refractivity contribution in [3.63, 3.8) is 0 Å². The molecular weight excluding hydrogens is 643 g/mol. The Bertz CT molecular complexity index is 1630. The van der Waals surface area contributed by atoms with Gasteiger partial charge in [0.05, 0.1) is 59.8 Å². The van der Waals surface area contributed by atoms with Crippen LogP contribution in [0.4, 0.5) is 11.4 Å². The maximum absolute atomic E-state index is 13.8.